The van der Waals surface area contributed by atoms with Gasteiger partial charge in [0.05, 0.1) is 5.56 Å². The van der Waals surface area contributed by atoms with E-state index in [9.17, 15) is 13.6 Å². The average molecular weight is 174 g/mol. The van der Waals surface area contributed by atoms with E-state index in [1.807, 2.05) is 0 Å². The number of carbonyl (C=O) groups is 1. The SMILES string of the molecule is O=Cc1c(F)cc(O)c(O)c1F. The van der Waals surface area contributed by atoms with Gasteiger partial charge in [0.1, 0.15) is 5.82 Å². The van der Waals surface area contributed by atoms with Crippen molar-refractivity contribution < 1.29 is 23.8 Å². The first-order valence-electron chi connectivity index (χ1n) is 2.93. The molecule has 0 saturated carbocycles. The summed E-state index contributed by atoms with van der Waals surface area (Å²) in [6.07, 6.45) is -0.0795. The van der Waals surface area contributed by atoms with E-state index in [-0.39, 0.29) is 6.29 Å². The number of benzene rings is 1. The Morgan fingerprint density at radius 3 is 2.42 bits per heavy atom. The molecule has 0 unspecified atom stereocenters. The van der Waals surface area contributed by atoms with Gasteiger partial charge in [0.25, 0.3) is 0 Å². The molecular formula is C7H4F2O3. The highest BCUT2D eigenvalue weighted by molar-refractivity contribution is 5.77. The van der Waals surface area contributed by atoms with E-state index in [2.05, 4.69) is 0 Å². The van der Waals surface area contributed by atoms with Crippen LogP contribution in [-0.4, -0.2) is 16.5 Å². The van der Waals surface area contributed by atoms with Crippen LogP contribution in [0.1, 0.15) is 10.4 Å². The van der Waals surface area contributed by atoms with Gasteiger partial charge in [0.15, 0.2) is 23.6 Å². The van der Waals surface area contributed by atoms with Crippen molar-refractivity contribution in [3.05, 3.63) is 23.3 Å². The third-order valence-electron chi connectivity index (χ3n) is 1.33. The summed E-state index contributed by atoms with van der Waals surface area (Å²) < 4.78 is 25.2. The van der Waals surface area contributed by atoms with Crippen LogP contribution in [0.3, 0.4) is 0 Å². The van der Waals surface area contributed by atoms with Crippen LogP contribution < -0.4 is 0 Å². The number of rotatable bonds is 1. The molecule has 0 bridgehead atoms. The highest BCUT2D eigenvalue weighted by Crippen LogP contribution is 2.30. The summed E-state index contributed by atoms with van der Waals surface area (Å²) in [5.74, 6) is -4.73. The van der Waals surface area contributed by atoms with Gasteiger partial charge >= 0.3 is 0 Å². The van der Waals surface area contributed by atoms with Gasteiger partial charge in [-0.1, -0.05) is 0 Å². The van der Waals surface area contributed by atoms with Gasteiger partial charge in [0, 0.05) is 6.07 Å². The van der Waals surface area contributed by atoms with Gasteiger partial charge in [-0.15, -0.1) is 0 Å². The zero-order chi connectivity index (χ0) is 9.30. The standard InChI is InChI=1S/C7H4F2O3/c8-4-1-5(11)7(12)6(9)3(4)2-10/h1-2,11-12H. The van der Waals surface area contributed by atoms with Gasteiger partial charge in [-0.05, 0) is 0 Å². The quantitative estimate of drug-likeness (QED) is 0.496. The van der Waals surface area contributed by atoms with E-state index in [0.717, 1.165) is 0 Å². The molecule has 12 heavy (non-hydrogen) atoms. The summed E-state index contributed by atoms with van der Waals surface area (Å²) in [5, 5.41) is 17.3. The van der Waals surface area contributed by atoms with Gasteiger partial charge < -0.3 is 10.2 Å². The van der Waals surface area contributed by atoms with Crippen molar-refractivity contribution in [2.45, 2.75) is 0 Å². The molecule has 0 atom stereocenters. The van der Waals surface area contributed by atoms with Crippen LogP contribution in [0.2, 0.25) is 0 Å². The second-order valence-corrected chi connectivity index (χ2v) is 2.07. The van der Waals surface area contributed by atoms with Crippen LogP contribution in [0, 0.1) is 11.6 Å². The lowest BCUT2D eigenvalue weighted by atomic mass is 10.2. The molecule has 5 heteroatoms. The number of phenolic OH excluding ortho intramolecular Hbond substituents is 2. The zero-order valence-electron chi connectivity index (χ0n) is 5.71. The van der Waals surface area contributed by atoms with E-state index in [4.69, 9.17) is 10.2 Å². The van der Waals surface area contributed by atoms with Gasteiger partial charge in [-0.2, -0.15) is 0 Å². The van der Waals surface area contributed by atoms with Gasteiger partial charge in [0.2, 0.25) is 0 Å². The smallest absolute Gasteiger partial charge is 0.195 e. The van der Waals surface area contributed by atoms with Crippen LogP contribution >= 0.6 is 0 Å². The van der Waals surface area contributed by atoms with Crippen LogP contribution in [0.25, 0.3) is 0 Å². The predicted octanol–water partition coefficient (Wildman–Crippen LogP) is 1.19. The second-order valence-electron chi connectivity index (χ2n) is 2.07. The summed E-state index contributed by atoms with van der Waals surface area (Å²) in [5.41, 5.74) is -0.898. The summed E-state index contributed by atoms with van der Waals surface area (Å²) in [6.45, 7) is 0. The Morgan fingerprint density at radius 2 is 1.92 bits per heavy atom. The summed E-state index contributed by atoms with van der Waals surface area (Å²) in [4.78, 5) is 10.0. The van der Waals surface area contributed by atoms with Crippen molar-refractivity contribution in [2.75, 3.05) is 0 Å². The lowest BCUT2D eigenvalue weighted by Gasteiger charge is -2.01. The molecular weight excluding hydrogens is 170 g/mol. The number of aldehydes is 1. The number of hydrogen-bond donors (Lipinski definition) is 2. The lowest BCUT2D eigenvalue weighted by molar-refractivity contribution is 0.111. The van der Waals surface area contributed by atoms with Crippen molar-refractivity contribution in [2.24, 2.45) is 0 Å². The fourth-order valence-corrected chi connectivity index (χ4v) is 0.719. The Balaban J connectivity index is 3.51. The third kappa shape index (κ3) is 1.09. The van der Waals surface area contributed by atoms with Crippen LogP contribution in [0.15, 0.2) is 6.07 Å². The summed E-state index contributed by atoms with van der Waals surface area (Å²) in [7, 11) is 0. The highest BCUT2D eigenvalue weighted by atomic mass is 19.1. The molecule has 64 valence electrons. The van der Waals surface area contributed by atoms with Crippen molar-refractivity contribution in [1.82, 2.24) is 0 Å². The van der Waals surface area contributed by atoms with Gasteiger partial charge in [-0.3, -0.25) is 4.79 Å². The third-order valence-corrected chi connectivity index (χ3v) is 1.33. The Bertz CT molecular complexity index is 336. The van der Waals surface area contributed by atoms with E-state index < -0.39 is 28.7 Å². The fourth-order valence-electron chi connectivity index (χ4n) is 0.719. The average Bonchev–Trinajstić information content (AvgIpc) is 2.01. The molecule has 0 fully saturated rings. The molecule has 1 aromatic carbocycles. The van der Waals surface area contributed by atoms with Crippen LogP contribution in [0.5, 0.6) is 11.5 Å². The maximum atomic E-state index is 12.6. The number of phenols is 2. The molecule has 0 heterocycles. The number of halogens is 2. The second kappa shape index (κ2) is 2.77. The fraction of sp³-hybridized carbons (Fsp3) is 0. The Kier molecular flexibility index (Phi) is 1.95. The van der Waals surface area contributed by atoms with Crippen LogP contribution in [-0.2, 0) is 0 Å². The zero-order valence-corrected chi connectivity index (χ0v) is 5.71. The Morgan fingerprint density at radius 1 is 1.33 bits per heavy atom. The van der Waals surface area contributed by atoms with Crippen LogP contribution in [0.4, 0.5) is 8.78 Å². The normalized spacial score (nSPS) is 9.83. The molecule has 2 N–H and O–H groups in total. The monoisotopic (exact) mass is 174 g/mol. The first kappa shape index (κ1) is 8.45. The summed E-state index contributed by atoms with van der Waals surface area (Å²) in [6, 6.07) is 0.460. The summed E-state index contributed by atoms with van der Waals surface area (Å²) >= 11 is 0. The highest BCUT2D eigenvalue weighted by Gasteiger charge is 2.16. The Labute approximate surface area is 65.9 Å². The predicted molar refractivity (Wildman–Crippen MR) is 35.1 cm³/mol. The number of carbonyl (C=O) groups excluding carboxylic acids is 1. The first-order valence-corrected chi connectivity index (χ1v) is 2.93. The molecule has 0 aliphatic carbocycles. The van der Waals surface area contributed by atoms with Gasteiger partial charge in [-0.25, -0.2) is 8.78 Å². The maximum absolute atomic E-state index is 12.6. The molecule has 0 spiro atoms. The van der Waals surface area contributed by atoms with Crippen molar-refractivity contribution >= 4 is 6.29 Å². The van der Waals surface area contributed by atoms with Crippen molar-refractivity contribution in [3.8, 4) is 11.5 Å². The Hall–Kier alpha value is -1.65. The molecule has 0 radical (unpaired) electrons. The molecule has 3 nitrogen and oxygen atoms in total. The largest absolute Gasteiger partial charge is 0.504 e. The molecule has 0 aliphatic rings. The van der Waals surface area contributed by atoms with E-state index in [1.54, 1.807) is 0 Å². The minimum atomic E-state index is -1.46. The maximum Gasteiger partial charge on any atom is 0.195 e. The number of hydrogen-bond acceptors (Lipinski definition) is 3. The van der Waals surface area contributed by atoms with E-state index in [0.29, 0.717) is 6.07 Å². The first-order chi connectivity index (χ1) is 5.57. The molecule has 1 rings (SSSR count). The molecule has 0 amide bonds. The minimum Gasteiger partial charge on any atom is -0.504 e. The number of aromatic hydroxyl groups is 2. The topological polar surface area (TPSA) is 57.5 Å². The minimum absolute atomic E-state index is 0.0795. The van der Waals surface area contributed by atoms with Crippen molar-refractivity contribution in [3.63, 3.8) is 0 Å². The lowest BCUT2D eigenvalue weighted by Crippen LogP contribution is -1.93. The molecule has 1 aromatic rings. The van der Waals surface area contributed by atoms with E-state index >= 15 is 0 Å². The molecule has 0 saturated heterocycles. The molecule has 0 aliphatic heterocycles. The van der Waals surface area contributed by atoms with E-state index in [1.165, 1.54) is 0 Å². The molecule has 0 aromatic heterocycles. The van der Waals surface area contributed by atoms with Crippen molar-refractivity contribution in [1.29, 1.82) is 0 Å².